The lowest BCUT2D eigenvalue weighted by Crippen LogP contribution is -2.20. The van der Waals surface area contributed by atoms with Crippen LogP contribution in [0.5, 0.6) is 5.75 Å². The van der Waals surface area contributed by atoms with Crippen LogP contribution < -0.4 is 20.7 Å². The standard InChI is InChI=1S/C16H15ClN3OS/c17-12-6-4-11(5-7-12)10-18-8-9-21-14-3-1-2-13-15(14)20-16(22)19-13/h1-7,18H,8-10H2,(H,19,22). The second-order valence-electron chi connectivity index (χ2n) is 4.85. The maximum Gasteiger partial charge on any atom is 0.198 e. The van der Waals surface area contributed by atoms with Crippen molar-refractivity contribution in [3.63, 3.8) is 0 Å². The number of hydrogen-bond donors (Lipinski definition) is 2. The van der Waals surface area contributed by atoms with Crippen molar-refractivity contribution in [2.75, 3.05) is 18.5 Å². The molecule has 113 valence electrons. The van der Waals surface area contributed by atoms with E-state index >= 15 is 0 Å². The highest BCUT2D eigenvalue weighted by Crippen LogP contribution is 2.36. The molecule has 0 bridgehead atoms. The summed E-state index contributed by atoms with van der Waals surface area (Å²) >= 11 is 10.9. The molecule has 0 fully saturated rings. The Hall–Kier alpha value is -1.82. The Morgan fingerprint density at radius 1 is 1.18 bits per heavy atom. The first kappa shape index (κ1) is 15.1. The highest BCUT2D eigenvalue weighted by atomic mass is 35.5. The van der Waals surface area contributed by atoms with Crippen molar-refractivity contribution in [1.82, 2.24) is 10.6 Å². The van der Waals surface area contributed by atoms with Gasteiger partial charge in [-0.25, -0.2) is 5.32 Å². The third-order valence-corrected chi connectivity index (χ3v) is 3.68. The van der Waals surface area contributed by atoms with Crippen molar-refractivity contribution >= 4 is 40.3 Å². The van der Waals surface area contributed by atoms with Crippen LogP contribution in [0.25, 0.3) is 0 Å². The van der Waals surface area contributed by atoms with Crippen molar-refractivity contribution in [2.24, 2.45) is 0 Å². The third-order valence-electron chi connectivity index (χ3n) is 3.23. The Labute approximate surface area is 139 Å². The molecule has 2 N–H and O–H groups in total. The smallest absolute Gasteiger partial charge is 0.198 e. The molecule has 3 rings (SSSR count). The van der Waals surface area contributed by atoms with E-state index < -0.39 is 0 Å². The number of rotatable bonds is 6. The average molecular weight is 333 g/mol. The van der Waals surface area contributed by atoms with Gasteiger partial charge < -0.3 is 15.4 Å². The lowest BCUT2D eigenvalue weighted by molar-refractivity contribution is 0.314. The summed E-state index contributed by atoms with van der Waals surface area (Å²) in [7, 11) is 0. The zero-order valence-electron chi connectivity index (χ0n) is 11.8. The Kier molecular flexibility index (Phi) is 4.77. The molecule has 0 saturated carbocycles. The monoisotopic (exact) mass is 332 g/mol. The van der Waals surface area contributed by atoms with E-state index in [2.05, 4.69) is 16.0 Å². The Morgan fingerprint density at radius 3 is 2.82 bits per heavy atom. The van der Waals surface area contributed by atoms with Crippen molar-refractivity contribution in [2.45, 2.75) is 6.54 Å². The number of para-hydroxylation sites is 1. The van der Waals surface area contributed by atoms with E-state index in [9.17, 15) is 0 Å². The molecule has 6 heteroatoms. The van der Waals surface area contributed by atoms with E-state index in [1.807, 2.05) is 42.5 Å². The summed E-state index contributed by atoms with van der Waals surface area (Å²) in [5.74, 6) is 0.748. The summed E-state index contributed by atoms with van der Waals surface area (Å²) < 4.78 is 5.78. The molecule has 0 unspecified atom stereocenters. The molecule has 0 spiro atoms. The van der Waals surface area contributed by atoms with Gasteiger partial charge >= 0.3 is 0 Å². The summed E-state index contributed by atoms with van der Waals surface area (Å²) in [6, 6.07) is 13.5. The summed E-state index contributed by atoms with van der Waals surface area (Å²) in [4.78, 5) is 0. The molecule has 1 aliphatic rings. The molecule has 0 atom stereocenters. The summed E-state index contributed by atoms with van der Waals surface area (Å²) in [5.41, 5.74) is 2.87. The summed E-state index contributed by atoms with van der Waals surface area (Å²) in [5, 5.41) is 11.8. The molecule has 0 saturated heterocycles. The van der Waals surface area contributed by atoms with Gasteiger partial charge in [0.15, 0.2) is 5.11 Å². The molecule has 1 heterocycles. The second-order valence-corrected chi connectivity index (χ2v) is 5.67. The number of fused-ring (bicyclic) bond motifs is 1. The van der Waals surface area contributed by atoms with Gasteiger partial charge in [0, 0.05) is 18.1 Å². The first-order valence-corrected chi connectivity index (χ1v) is 7.75. The molecule has 2 aromatic rings. The minimum absolute atomic E-state index is 0.479. The minimum atomic E-state index is 0.479. The Morgan fingerprint density at radius 2 is 2.00 bits per heavy atom. The van der Waals surface area contributed by atoms with E-state index in [-0.39, 0.29) is 0 Å². The highest BCUT2D eigenvalue weighted by Gasteiger charge is 2.19. The maximum absolute atomic E-state index is 5.86. The number of nitrogens with one attached hydrogen (secondary N) is 2. The topological polar surface area (TPSA) is 47.4 Å². The first-order chi connectivity index (χ1) is 10.7. The SMILES string of the molecule is S=C1[N]c2c(cccc2OCCNCc2ccc(Cl)cc2)N1. The fraction of sp³-hybridized carbons (Fsp3) is 0.188. The van der Waals surface area contributed by atoms with Gasteiger partial charge in [-0.1, -0.05) is 29.8 Å². The van der Waals surface area contributed by atoms with Crippen molar-refractivity contribution in [3.05, 3.63) is 53.1 Å². The molecule has 0 amide bonds. The molecular weight excluding hydrogens is 318 g/mol. The fourth-order valence-corrected chi connectivity index (χ4v) is 2.50. The van der Waals surface area contributed by atoms with Crippen LogP contribution in [0.15, 0.2) is 42.5 Å². The summed E-state index contributed by atoms with van der Waals surface area (Å²) in [6.45, 7) is 2.08. The van der Waals surface area contributed by atoms with Gasteiger partial charge in [0.25, 0.3) is 0 Å². The largest absolute Gasteiger partial charge is 0.490 e. The number of halogens is 1. The molecule has 2 aromatic carbocycles. The first-order valence-electron chi connectivity index (χ1n) is 6.96. The second kappa shape index (κ2) is 6.96. The molecule has 0 aromatic heterocycles. The summed E-state index contributed by atoms with van der Waals surface area (Å²) in [6.07, 6.45) is 0. The maximum atomic E-state index is 5.86. The predicted molar refractivity (Wildman–Crippen MR) is 93.1 cm³/mol. The van der Waals surface area contributed by atoms with E-state index in [0.717, 1.165) is 35.2 Å². The highest BCUT2D eigenvalue weighted by molar-refractivity contribution is 7.80. The zero-order valence-corrected chi connectivity index (χ0v) is 13.4. The van der Waals surface area contributed by atoms with Crippen molar-refractivity contribution < 1.29 is 4.74 Å². The van der Waals surface area contributed by atoms with Crippen molar-refractivity contribution in [1.29, 1.82) is 0 Å². The molecule has 1 radical (unpaired) electrons. The molecule has 22 heavy (non-hydrogen) atoms. The van der Waals surface area contributed by atoms with E-state index in [0.29, 0.717) is 11.7 Å². The number of ether oxygens (including phenoxy) is 1. The fourth-order valence-electron chi connectivity index (χ4n) is 2.17. The van der Waals surface area contributed by atoms with Crippen LogP contribution >= 0.6 is 23.8 Å². The Balaban J connectivity index is 1.45. The quantitative estimate of drug-likeness (QED) is 0.628. The number of nitrogens with zero attached hydrogens (tertiary/aromatic N) is 1. The average Bonchev–Trinajstić information content (AvgIpc) is 2.90. The van der Waals surface area contributed by atoms with E-state index in [1.165, 1.54) is 5.56 Å². The number of benzene rings is 2. The molecule has 1 aliphatic heterocycles. The van der Waals surface area contributed by atoms with Gasteiger partial charge in [-0.05, 0) is 42.0 Å². The van der Waals surface area contributed by atoms with Crippen LogP contribution in [0.3, 0.4) is 0 Å². The van der Waals surface area contributed by atoms with Crippen LogP contribution in [-0.4, -0.2) is 18.3 Å². The van der Waals surface area contributed by atoms with Crippen LogP contribution in [-0.2, 0) is 6.54 Å². The van der Waals surface area contributed by atoms with E-state index in [4.69, 9.17) is 28.6 Å². The predicted octanol–water partition coefficient (Wildman–Crippen LogP) is 3.45. The van der Waals surface area contributed by atoms with Gasteiger partial charge in [-0.3, -0.25) is 0 Å². The van der Waals surface area contributed by atoms with Gasteiger partial charge in [0.2, 0.25) is 0 Å². The third kappa shape index (κ3) is 3.68. The van der Waals surface area contributed by atoms with Crippen LogP contribution in [0, 0.1) is 0 Å². The van der Waals surface area contributed by atoms with Crippen LogP contribution in [0.2, 0.25) is 5.02 Å². The van der Waals surface area contributed by atoms with Gasteiger partial charge in [0.1, 0.15) is 18.0 Å². The molecule has 4 nitrogen and oxygen atoms in total. The zero-order chi connectivity index (χ0) is 15.4. The lowest BCUT2D eigenvalue weighted by Gasteiger charge is -2.10. The number of hydrogen-bond acceptors (Lipinski definition) is 3. The van der Waals surface area contributed by atoms with Crippen molar-refractivity contribution in [3.8, 4) is 5.75 Å². The van der Waals surface area contributed by atoms with Crippen LogP contribution in [0.1, 0.15) is 5.56 Å². The molecular formula is C16H15ClN3OS. The van der Waals surface area contributed by atoms with Gasteiger partial charge in [-0.2, -0.15) is 0 Å². The minimum Gasteiger partial charge on any atom is -0.490 e. The van der Waals surface area contributed by atoms with E-state index in [1.54, 1.807) is 0 Å². The molecule has 0 aliphatic carbocycles. The van der Waals surface area contributed by atoms with Gasteiger partial charge in [-0.15, -0.1) is 0 Å². The number of anilines is 1. The Bertz CT molecular complexity index is 676. The number of thiocarbonyl (C=S) groups is 1. The lowest BCUT2D eigenvalue weighted by atomic mass is 10.2. The van der Waals surface area contributed by atoms with Crippen LogP contribution in [0.4, 0.5) is 11.4 Å². The normalized spacial score (nSPS) is 12.5. The van der Waals surface area contributed by atoms with Gasteiger partial charge in [0.05, 0.1) is 5.69 Å².